The fraction of sp³-hybridized carbons (Fsp3) is 0.348. The maximum Gasteiger partial charge on any atom is 0.270 e. The molecule has 2 aromatic carbocycles. The summed E-state index contributed by atoms with van der Waals surface area (Å²) in [5, 5.41) is 1.08. The van der Waals surface area contributed by atoms with Crippen molar-refractivity contribution in [2.45, 2.75) is 25.0 Å². The van der Waals surface area contributed by atoms with Crippen LogP contribution in [0, 0.1) is 0 Å². The number of carbonyl (C=O) groups is 1. The molecule has 0 spiro atoms. The van der Waals surface area contributed by atoms with E-state index in [0.29, 0.717) is 17.9 Å². The highest BCUT2D eigenvalue weighted by Crippen LogP contribution is 2.24. The van der Waals surface area contributed by atoms with Crippen molar-refractivity contribution in [2.75, 3.05) is 26.2 Å². The molecule has 0 saturated carbocycles. The van der Waals surface area contributed by atoms with Crippen LogP contribution in [0.15, 0.2) is 60.7 Å². The van der Waals surface area contributed by atoms with E-state index in [1.807, 2.05) is 35.2 Å². The number of aromatic amines is 1. The smallest absolute Gasteiger partial charge is 0.270 e. The van der Waals surface area contributed by atoms with Gasteiger partial charge in [-0.15, -0.1) is 0 Å². The first-order chi connectivity index (χ1) is 14.3. The standard InChI is InChI=1S/C23H27N5O/c29-23(21-15-18-9-4-5-10-19(18)24-21)28-12-6-11-27(13-14-28)22-16-20(25-26-22)17-7-2-1-3-8-17/h1-5,7-10,15,20,22,24-26H,6,11-14,16H2. The number of para-hydroxylation sites is 1. The molecule has 2 aliphatic heterocycles. The number of benzene rings is 2. The zero-order chi connectivity index (χ0) is 19.6. The second kappa shape index (κ2) is 7.99. The molecular formula is C23H27N5O. The first kappa shape index (κ1) is 18.4. The van der Waals surface area contributed by atoms with Gasteiger partial charge in [0.25, 0.3) is 5.91 Å². The number of nitrogens with one attached hydrogen (secondary N) is 3. The van der Waals surface area contributed by atoms with Crippen LogP contribution in [0.2, 0.25) is 0 Å². The third kappa shape index (κ3) is 3.79. The molecule has 0 radical (unpaired) electrons. The molecule has 150 valence electrons. The second-order valence-corrected chi connectivity index (χ2v) is 7.96. The molecule has 2 atom stereocenters. The van der Waals surface area contributed by atoms with Crippen molar-refractivity contribution < 1.29 is 4.79 Å². The Bertz CT molecular complexity index is 952. The summed E-state index contributed by atoms with van der Waals surface area (Å²) in [7, 11) is 0. The van der Waals surface area contributed by atoms with Crippen molar-refractivity contribution >= 4 is 16.8 Å². The Labute approximate surface area is 170 Å². The molecule has 1 amide bonds. The Morgan fingerprint density at radius 1 is 0.897 bits per heavy atom. The van der Waals surface area contributed by atoms with Crippen molar-refractivity contribution in [2.24, 2.45) is 0 Å². The van der Waals surface area contributed by atoms with Crippen LogP contribution < -0.4 is 10.9 Å². The van der Waals surface area contributed by atoms with Crippen LogP contribution in [0.4, 0.5) is 0 Å². The van der Waals surface area contributed by atoms with Crippen molar-refractivity contribution in [1.82, 2.24) is 25.6 Å². The van der Waals surface area contributed by atoms with E-state index in [1.54, 1.807) is 0 Å². The van der Waals surface area contributed by atoms with Crippen LogP contribution in [0.5, 0.6) is 0 Å². The topological polar surface area (TPSA) is 63.4 Å². The summed E-state index contributed by atoms with van der Waals surface area (Å²) < 4.78 is 0. The van der Waals surface area contributed by atoms with E-state index >= 15 is 0 Å². The van der Waals surface area contributed by atoms with Gasteiger partial charge in [0.05, 0.1) is 6.17 Å². The number of fused-ring (bicyclic) bond motifs is 1. The van der Waals surface area contributed by atoms with E-state index in [4.69, 9.17) is 0 Å². The molecule has 29 heavy (non-hydrogen) atoms. The predicted octanol–water partition coefficient (Wildman–Crippen LogP) is 2.88. The maximum atomic E-state index is 13.0. The highest BCUT2D eigenvalue weighted by Gasteiger charge is 2.31. The first-order valence-corrected chi connectivity index (χ1v) is 10.4. The number of aromatic nitrogens is 1. The largest absolute Gasteiger partial charge is 0.351 e. The van der Waals surface area contributed by atoms with Crippen LogP contribution in [-0.2, 0) is 0 Å². The van der Waals surface area contributed by atoms with Crippen molar-refractivity contribution in [1.29, 1.82) is 0 Å². The Kier molecular flexibility index (Phi) is 5.06. The van der Waals surface area contributed by atoms with Gasteiger partial charge in [0.15, 0.2) is 0 Å². The van der Waals surface area contributed by atoms with Crippen LogP contribution in [0.1, 0.15) is 34.9 Å². The van der Waals surface area contributed by atoms with Gasteiger partial charge in [-0.05, 0) is 30.5 Å². The van der Waals surface area contributed by atoms with Gasteiger partial charge in [-0.3, -0.25) is 9.69 Å². The number of hydrogen-bond donors (Lipinski definition) is 3. The average molecular weight is 390 g/mol. The number of hydrogen-bond acceptors (Lipinski definition) is 4. The average Bonchev–Trinajstić information content (AvgIpc) is 3.36. The number of carbonyl (C=O) groups excluding carboxylic acids is 1. The highest BCUT2D eigenvalue weighted by atomic mass is 16.2. The predicted molar refractivity (Wildman–Crippen MR) is 114 cm³/mol. The second-order valence-electron chi connectivity index (χ2n) is 7.96. The lowest BCUT2D eigenvalue weighted by atomic mass is 10.0. The normalized spacial score (nSPS) is 23.4. The van der Waals surface area contributed by atoms with Crippen LogP contribution >= 0.6 is 0 Å². The van der Waals surface area contributed by atoms with Gasteiger partial charge >= 0.3 is 0 Å². The van der Waals surface area contributed by atoms with E-state index in [9.17, 15) is 4.79 Å². The summed E-state index contributed by atoms with van der Waals surface area (Å²) in [6, 6.07) is 20.9. The molecule has 2 unspecified atom stereocenters. The molecule has 3 N–H and O–H groups in total. The van der Waals surface area contributed by atoms with Gasteiger partial charge < -0.3 is 9.88 Å². The summed E-state index contributed by atoms with van der Waals surface area (Å²) in [5.41, 5.74) is 9.91. The molecule has 6 nitrogen and oxygen atoms in total. The lowest BCUT2D eigenvalue weighted by Gasteiger charge is -2.27. The van der Waals surface area contributed by atoms with Crippen molar-refractivity contribution in [3.05, 3.63) is 71.9 Å². The maximum absolute atomic E-state index is 13.0. The van der Waals surface area contributed by atoms with Gasteiger partial charge in [0.2, 0.25) is 0 Å². The zero-order valence-electron chi connectivity index (χ0n) is 16.5. The van der Waals surface area contributed by atoms with E-state index in [2.05, 4.69) is 51.1 Å². The first-order valence-electron chi connectivity index (χ1n) is 10.4. The number of amides is 1. The van der Waals surface area contributed by atoms with Gasteiger partial charge in [-0.25, -0.2) is 10.9 Å². The fourth-order valence-electron chi connectivity index (χ4n) is 4.49. The number of nitrogens with zero attached hydrogens (tertiary/aromatic N) is 2. The summed E-state index contributed by atoms with van der Waals surface area (Å²) in [6.45, 7) is 3.43. The lowest BCUT2D eigenvalue weighted by molar-refractivity contribution is 0.0751. The molecular weight excluding hydrogens is 362 g/mol. The number of hydrazine groups is 1. The molecule has 5 rings (SSSR count). The Morgan fingerprint density at radius 2 is 1.72 bits per heavy atom. The summed E-state index contributed by atoms with van der Waals surface area (Å²) >= 11 is 0. The highest BCUT2D eigenvalue weighted by molar-refractivity contribution is 5.98. The summed E-state index contributed by atoms with van der Waals surface area (Å²) in [4.78, 5) is 20.8. The van der Waals surface area contributed by atoms with Gasteiger partial charge in [-0.1, -0.05) is 48.5 Å². The molecule has 3 heterocycles. The van der Waals surface area contributed by atoms with Crippen LogP contribution in [0.25, 0.3) is 10.9 Å². The monoisotopic (exact) mass is 389 g/mol. The minimum Gasteiger partial charge on any atom is -0.351 e. The van der Waals surface area contributed by atoms with Gasteiger partial charge in [0.1, 0.15) is 5.69 Å². The molecule has 1 aromatic heterocycles. The van der Waals surface area contributed by atoms with Crippen molar-refractivity contribution in [3.63, 3.8) is 0 Å². The molecule has 6 heteroatoms. The quantitative estimate of drug-likeness (QED) is 0.645. The molecule has 2 fully saturated rings. The fourth-order valence-corrected chi connectivity index (χ4v) is 4.49. The summed E-state index contributed by atoms with van der Waals surface area (Å²) in [5.74, 6) is 0.0997. The third-order valence-electron chi connectivity index (χ3n) is 6.10. The number of H-pyrrole nitrogens is 1. The number of rotatable bonds is 3. The van der Waals surface area contributed by atoms with E-state index in [1.165, 1.54) is 5.56 Å². The molecule has 2 saturated heterocycles. The van der Waals surface area contributed by atoms with E-state index in [-0.39, 0.29) is 5.91 Å². The molecule has 0 bridgehead atoms. The van der Waals surface area contributed by atoms with E-state index < -0.39 is 0 Å². The molecule has 3 aromatic rings. The molecule has 0 aliphatic carbocycles. The minimum atomic E-state index is 0.0997. The minimum absolute atomic E-state index is 0.0997. The van der Waals surface area contributed by atoms with Gasteiger partial charge in [0, 0.05) is 43.1 Å². The van der Waals surface area contributed by atoms with Gasteiger partial charge in [-0.2, -0.15) is 0 Å². The summed E-state index contributed by atoms with van der Waals surface area (Å²) in [6.07, 6.45) is 2.31. The van der Waals surface area contributed by atoms with Crippen LogP contribution in [-0.4, -0.2) is 53.0 Å². The third-order valence-corrected chi connectivity index (χ3v) is 6.10. The lowest BCUT2D eigenvalue weighted by Crippen LogP contribution is -2.46. The van der Waals surface area contributed by atoms with Crippen LogP contribution in [0.3, 0.4) is 0 Å². The SMILES string of the molecule is O=C(c1cc2ccccc2[nH]1)N1CCCN(C2CC(c3ccccc3)NN2)CC1. The zero-order valence-corrected chi connectivity index (χ0v) is 16.5. The Morgan fingerprint density at radius 3 is 2.59 bits per heavy atom. The van der Waals surface area contributed by atoms with E-state index in [0.717, 1.165) is 49.9 Å². The Balaban J connectivity index is 1.22. The van der Waals surface area contributed by atoms with Crippen molar-refractivity contribution in [3.8, 4) is 0 Å². The molecule has 2 aliphatic rings. The Hall–Kier alpha value is -2.67.